The largest absolute Gasteiger partial charge is 0.391 e. The van der Waals surface area contributed by atoms with Gasteiger partial charge < -0.3 is 15.7 Å². The fourth-order valence-electron chi connectivity index (χ4n) is 2.86. The maximum absolute atomic E-state index is 12.2. The fraction of sp³-hybridized carbons (Fsp3) is 0.923. The smallest absolute Gasteiger partial charge is 0.240 e. The zero-order chi connectivity index (χ0) is 12.3. The number of amides is 1. The summed E-state index contributed by atoms with van der Waals surface area (Å²) in [4.78, 5) is 12.2. The van der Waals surface area contributed by atoms with E-state index < -0.39 is 5.54 Å². The lowest BCUT2D eigenvalue weighted by molar-refractivity contribution is -0.130. The van der Waals surface area contributed by atoms with Gasteiger partial charge in [0.05, 0.1) is 17.7 Å². The Morgan fingerprint density at radius 3 is 2.61 bits per heavy atom. The minimum Gasteiger partial charge on any atom is -0.391 e. The molecule has 2 aliphatic rings. The van der Waals surface area contributed by atoms with E-state index in [9.17, 15) is 9.90 Å². The molecular formula is C13H25ClN2O2. The maximum atomic E-state index is 12.2. The minimum absolute atomic E-state index is 0. The summed E-state index contributed by atoms with van der Waals surface area (Å²) in [6.45, 7) is 2.88. The molecule has 3 atom stereocenters. The summed E-state index contributed by atoms with van der Waals surface area (Å²) < 4.78 is 0. The van der Waals surface area contributed by atoms with Crippen molar-refractivity contribution in [1.29, 1.82) is 0 Å². The van der Waals surface area contributed by atoms with Crippen LogP contribution in [0.1, 0.15) is 51.9 Å². The van der Waals surface area contributed by atoms with Gasteiger partial charge in [-0.3, -0.25) is 4.79 Å². The van der Waals surface area contributed by atoms with Crippen LogP contribution in [0.5, 0.6) is 0 Å². The molecule has 1 heterocycles. The van der Waals surface area contributed by atoms with Crippen molar-refractivity contribution in [3.63, 3.8) is 0 Å². The number of aliphatic hydroxyl groups is 1. The predicted octanol–water partition coefficient (Wildman–Crippen LogP) is 1.36. The summed E-state index contributed by atoms with van der Waals surface area (Å²) in [7, 11) is 0. The van der Waals surface area contributed by atoms with Crippen molar-refractivity contribution in [2.45, 2.75) is 69.6 Å². The average Bonchev–Trinajstić information content (AvgIpc) is 2.33. The number of carbonyl (C=O) groups is 1. The second-order valence-corrected chi connectivity index (χ2v) is 5.65. The Hall–Kier alpha value is -0.320. The summed E-state index contributed by atoms with van der Waals surface area (Å²) in [5, 5.41) is 16.2. The summed E-state index contributed by atoms with van der Waals surface area (Å²) >= 11 is 0. The van der Waals surface area contributed by atoms with Gasteiger partial charge in [0.25, 0.3) is 0 Å². The van der Waals surface area contributed by atoms with Gasteiger partial charge in [0, 0.05) is 0 Å². The molecule has 0 aromatic heterocycles. The molecule has 0 aromatic carbocycles. The Morgan fingerprint density at radius 1 is 1.28 bits per heavy atom. The minimum atomic E-state index is -0.435. The number of rotatable bonds is 2. The van der Waals surface area contributed by atoms with Crippen LogP contribution >= 0.6 is 12.4 Å². The first-order valence-electron chi connectivity index (χ1n) is 6.86. The number of nitrogens with one attached hydrogen (secondary N) is 2. The molecule has 1 saturated carbocycles. The lowest BCUT2D eigenvalue weighted by Crippen LogP contribution is -2.60. The second kappa shape index (κ2) is 6.73. The van der Waals surface area contributed by atoms with E-state index in [1.165, 1.54) is 0 Å². The van der Waals surface area contributed by atoms with Crippen molar-refractivity contribution < 1.29 is 9.90 Å². The number of carbonyl (C=O) groups excluding carboxylic acids is 1. The first-order chi connectivity index (χ1) is 8.12. The van der Waals surface area contributed by atoms with Crippen LogP contribution in [0.3, 0.4) is 0 Å². The lowest BCUT2D eigenvalue weighted by Gasteiger charge is -2.36. The van der Waals surface area contributed by atoms with Crippen LogP contribution in [-0.4, -0.2) is 35.2 Å². The maximum Gasteiger partial charge on any atom is 0.240 e. The molecule has 2 rings (SSSR count). The van der Waals surface area contributed by atoms with Crippen molar-refractivity contribution >= 4 is 18.3 Å². The Labute approximate surface area is 115 Å². The summed E-state index contributed by atoms with van der Waals surface area (Å²) in [6, 6.07) is -0.0446. The standard InChI is InChI=1S/C13H24N2O2.ClH/c1-13(8-4-5-9-14-13)12(17)15-10-6-2-3-7-11(10)16;/h10-11,14,16H,2-9H2,1H3,(H,15,17);1H/t10-,11-,13?;/m0./s1. The van der Waals surface area contributed by atoms with Gasteiger partial charge in [-0.15, -0.1) is 12.4 Å². The van der Waals surface area contributed by atoms with Gasteiger partial charge in [0.1, 0.15) is 0 Å². The van der Waals surface area contributed by atoms with E-state index in [1.807, 2.05) is 6.92 Å². The van der Waals surface area contributed by atoms with Gasteiger partial charge in [-0.05, 0) is 45.6 Å². The van der Waals surface area contributed by atoms with Crippen LogP contribution in [0.25, 0.3) is 0 Å². The normalized spacial score (nSPS) is 36.6. The van der Waals surface area contributed by atoms with Crippen molar-refractivity contribution in [3.05, 3.63) is 0 Å². The van der Waals surface area contributed by atoms with E-state index in [0.717, 1.165) is 51.5 Å². The molecule has 2 fully saturated rings. The third-order valence-corrected chi connectivity index (χ3v) is 4.17. The molecule has 1 unspecified atom stereocenters. The van der Waals surface area contributed by atoms with Crippen molar-refractivity contribution in [1.82, 2.24) is 10.6 Å². The molecule has 1 amide bonds. The van der Waals surface area contributed by atoms with Crippen LogP contribution in [0, 0.1) is 0 Å². The zero-order valence-corrected chi connectivity index (χ0v) is 11.9. The molecule has 3 N–H and O–H groups in total. The molecule has 1 aliphatic heterocycles. The summed E-state index contributed by atoms with van der Waals surface area (Å²) in [5.41, 5.74) is -0.435. The van der Waals surface area contributed by atoms with E-state index in [-0.39, 0.29) is 30.5 Å². The Balaban J connectivity index is 0.00000162. The van der Waals surface area contributed by atoms with Gasteiger partial charge in [-0.2, -0.15) is 0 Å². The van der Waals surface area contributed by atoms with Crippen molar-refractivity contribution in [2.24, 2.45) is 0 Å². The highest BCUT2D eigenvalue weighted by Gasteiger charge is 2.36. The average molecular weight is 277 g/mol. The van der Waals surface area contributed by atoms with Crippen LogP contribution < -0.4 is 10.6 Å². The van der Waals surface area contributed by atoms with E-state index in [1.54, 1.807) is 0 Å². The highest BCUT2D eigenvalue weighted by Crippen LogP contribution is 2.22. The van der Waals surface area contributed by atoms with Gasteiger partial charge in [-0.1, -0.05) is 12.8 Å². The van der Waals surface area contributed by atoms with Crippen LogP contribution in [0.2, 0.25) is 0 Å². The number of hydrogen-bond donors (Lipinski definition) is 3. The van der Waals surface area contributed by atoms with Crippen molar-refractivity contribution in [3.8, 4) is 0 Å². The third kappa shape index (κ3) is 3.59. The molecule has 0 bridgehead atoms. The van der Waals surface area contributed by atoms with Gasteiger partial charge in [-0.25, -0.2) is 0 Å². The Bertz CT molecular complexity index is 280. The highest BCUT2D eigenvalue weighted by atomic mass is 35.5. The van der Waals surface area contributed by atoms with Crippen LogP contribution in [0.4, 0.5) is 0 Å². The third-order valence-electron chi connectivity index (χ3n) is 4.17. The molecule has 0 aromatic rings. The number of aliphatic hydroxyl groups excluding tert-OH is 1. The molecule has 106 valence electrons. The number of piperidine rings is 1. The Kier molecular flexibility index (Phi) is 5.89. The Morgan fingerprint density at radius 2 is 2.00 bits per heavy atom. The van der Waals surface area contributed by atoms with Crippen LogP contribution in [-0.2, 0) is 4.79 Å². The molecule has 0 radical (unpaired) electrons. The monoisotopic (exact) mass is 276 g/mol. The van der Waals surface area contributed by atoms with Gasteiger partial charge in [0.2, 0.25) is 5.91 Å². The lowest BCUT2D eigenvalue weighted by atomic mass is 9.88. The second-order valence-electron chi connectivity index (χ2n) is 5.65. The SMILES string of the molecule is CC1(C(=O)N[C@H]2CCCC[C@@H]2O)CCCCN1.Cl. The molecule has 5 heteroatoms. The van der Waals surface area contributed by atoms with E-state index >= 15 is 0 Å². The summed E-state index contributed by atoms with van der Waals surface area (Å²) in [6.07, 6.45) is 6.67. The van der Waals surface area contributed by atoms with Crippen molar-refractivity contribution in [2.75, 3.05) is 6.54 Å². The predicted molar refractivity (Wildman–Crippen MR) is 73.9 cm³/mol. The first kappa shape index (κ1) is 15.7. The van der Waals surface area contributed by atoms with Gasteiger partial charge >= 0.3 is 0 Å². The van der Waals surface area contributed by atoms with E-state index in [4.69, 9.17) is 0 Å². The quantitative estimate of drug-likeness (QED) is 0.714. The number of halogens is 1. The molecule has 0 spiro atoms. The molecule has 4 nitrogen and oxygen atoms in total. The van der Waals surface area contributed by atoms with Crippen LogP contribution in [0.15, 0.2) is 0 Å². The van der Waals surface area contributed by atoms with E-state index in [2.05, 4.69) is 10.6 Å². The molecular weight excluding hydrogens is 252 g/mol. The van der Waals surface area contributed by atoms with Gasteiger partial charge in [0.15, 0.2) is 0 Å². The summed E-state index contributed by atoms with van der Waals surface area (Å²) in [5.74, 6) is 0.0585. The topological polar surface area (TPSA) is 61.4 Å². The molecule has 1 aliphatic carbocycles. The first-order valence-corrected chi connectivity index (χ1v) is 6.86. The molecule has 18 heavy (non-hydrogen) atoms. The fourth-order valence-corrected chi connectivity index (χ4v) is 2.86. The number of hydrogen-bond acceptors (Lipinski definition) is 3. The highest BCUT2D eigenvalue weighted by molar-refractivity contribution is 5.86. The zero-order valence-electron chi connectivity index (χ0n) is 11.1. The van der Waals surface area contributed by atoms with E-state index in [0.29, 0.717) is 0 Å². The molecule has 1 saturated heterocycles.